The number of amides is 1. The minimum absolute atomic E-state index is 0.0849. The molecule has 1 aromatic rings. The number of carboxylic acid groups (broad SMARTS) is 1. The van der Waals surface area contributed by atoms with Crippen LogP contribution < -0.4 is 4.90 Å². The highest BCUT2D eigenvalue weighted by molar-refractivity contribution is 8.26. The fourth-order valence-electron chi connectivity index (χ4n) is 4.22. The zero-order chi connectivity index (χ0) is 21.7. The molecule has 5 nitrogen and oxygen atoms in total. The topological polar surface area (TPSA) is 60.9 Å². The summed E-state index contributed by atoms with van der Waals surface area (Å²) in [4.78, 5) is 27.6. The molecule has 29 heavy (non-hydrogen) atoms. The minimum atomic E-state index is -1.08. The molecular formula is C22H26N2O3S2. The Morgan fingerprint density at radius 2 is 1.97 bits per heavy atom. The van der Waals surface area contributed by atoms with Crippen molar-refractivity contribution in [2.24, 2.45) is 0 Å². The average molecular weight is 431 g/mol. The van der Waals surface area contributed by atoms with Gasteiger partial charge in [-0.2, -0.15) is 0 Å². The smallest absolute Gasteiger partial charge is 0.323 e. The Morgan fingerprint density at radius 3 is 2.55 bits per heavy atom. The zero-order valence-corrected chi connectivity index (χ0v) is 19.2. The van der Waals surface area contributed by atoms with Crippen LogP contribution in [0, 0.1) is 6.92 Å². The summed E-state index contributed by atoms with van der Waals surface area (Å²) in [5.74, 6) is -1.43. The summed E-state index contributed by atoms with van der Waals surface area (Å²) in [7, 11) is 0. The monoisotopic (exact) mass is 430 g/mol. The summed E-state index contributed by atoms with van der Waals surface area (Å²) < 4.78 is 0.281. The predicted molar refractivity (Wildman–Crippen MR) is 124 cm³/mol. The van der Waals surface area contributed by atoms with E-state index in [-0.39, 0.29) is 15.8 Å². The molecular weight excluding hydrogens is 404 g/mol. The summed E-state index contributed by atoms with van der Waals surface area (Å²) in [6.07, 6.45) is 4.10. The van der Waals surface area contributed by atoms with Gasteiger partial charge < -0.3 is 10.0 Å². The van der Waals surface area contributed by atoms with Gasteiger partial charge in [-0.05, 0) is 76.5 Å². The van der Waals surface area contributed by atoms with Gasteiger partial charge in [-0.15, -0.1) is 0 Å². The first-order valence-electron chi connectivity index (χ1n) is 9.53. The van der Waals surface area contributed by atoms with E-state index in [4.69, 9.17) is 17.3 Å². The Hall–Kier alpha value is -2.12. The zero-order valence-electron chi connectivity index (χ0n) is 17.6. The van der Waals surface area contributed by atoms with Gasteiger partial charge in [0.2, 0.25) is 0 Å². The predicted octanol–water partition coefficient (Wildman–Crippen LogP) is 4.69. The maximum Gasteiger partial charge on any atom is 0.323 e. The minimum Gasteiger partial charge on any atom is -0.480 e. The highest BCUT2D eigenvalue weighted by Gasteiger charge is 2.35. The Labute approximate surface area is 181 Å². The van der Waals surface area contributed by atoms with Gasteiger partial charge in [0.25, 0.3) is 5.91 Å². The van der Waals surface area contributed by atoms with Crippen LogP contribution in [0.2, 0.25) is 0 Å². The first-order valence-corrected chi connectivity index (χ1v) is 10.8. The quantitative estimate of drug-likeness (QED) is 0.552. The lowest BCUT2D eigenvalue weighted by atomic mass is 9.86. The first kappa shape index (κ1) is 21.6. The number of aliphatic carboxylic acids is 1. The molecule has 7 heteroatoms. The molecule has 0 spiro atoms. The summed E-state index contributed by atoms with van der Waals surface area (Å²) >= 11 is 6.35. The molecule has 3 rings (SSSR count). The second-order valence-electron chi connectivity index (χ2n) is 8.33. The Bertz CT molecular complexity index is 977. The molecule has 1 fully saturated rings. The lowest BCUT2D eigenvalue weighted by molar-refractivity contribution is -0.140. The molecule has 154 valence electrons. The van der Waals surface area contributed by atoms with E-state index in [1.807, 2.05) is 13.0 Å². The number of thiocarbonyl (C=S) groups is 1. The molecule has 0 atom stereocenters. The molecule has 1 amide bonds. The molecule has 2 heterocycles. The van der Waals surface area contributed by atoms with E-state index < -0.39 is 12.5 Å². The van der Waals surface area contributed by atoms with Crippen molar-refractivity contribution in [2.75, 3.05) is 11.4 Å². The fraction of sp³-hybridized carbons (Fsp3) is 0.409. The number of hydrogen-bond donors (Lipinski definition) is 1. The fourth-order valence-corrected chi connectivity index (χ4v) is 5.47. The maximum absolute atomic E-state index is 12.6. The van der Waals surface area contributed by atoms with Gasteiger partial charge in [0.05, 0.1) is 10.4 Å². The highest BCUT2D eigenvalue weighted by Crippen LogP contribution is 2.42. The summed E-state index contributed by atoms with van der Waals surface area (Å²) in [5.41, 5.74) is 5.46. The van der Waals surface area contributed by atoms with Crippen LogP contribution in [-0.2, 0) is 9.59 Å². The molecule has 0 saturated carbocycles. The van der Waals surface area contributed by atoms with Crippen molar-refractivity contribution >= 4 is 57.5 Å². The third-order valence-electron chi connectivity index (χ3n) is 5.23. The van der Waals surface area contributed by atoms with Crippen LogP contribution in [0.5, 0.6) is 0 Å². The normalized spacial score (nSPS) is 19.8. The number of aryl methyl sites for hydroxylation is 1. The number of rotatable bonds is 4. The van der Waals surface area contributed by atoms with Gasteiger partial charge in [-0.3, -0.25) is 14.5 Å². The van der Waals surface area contributed by atoms with E-state index in [0.717, 1.165) is 33.4 Å². The van der Waals surface area contributed by atoms with E-state index in [1.54, 1.807) is 0 Å². The number of carbonyl (C=O) groups is 2. The lowest BCUT2D eigenvalue weighted by Crippen LogP contribution is -2.49. The molecule has 1 N–H and O–H groups in total. The standard InChI is InChI=1S/C22H26N2O3S2/c1-12(2)24-17-7-13(3)15(8-16(17)14(4)10-22(24,5)6)9-18-20(27)23(11-19(25)26)21(28)29-18/h7-10,12H,11H2,1-6H3,(H,25,26)/b18-9+. The van der Waals surface area contributed by atoms with Crippen molar-refractivity contribution in [1.29, 1.82) is 0 Å². The van der Waals surface area contributed by atoms with Crippen LogP contribution in [0.25, 0.3) is 11.6 Å². The van der Waals surface area contributed by atoms with Gasteiger partial charge in [0.1, 0.15) is 10.9 Å². The third kappa shape index (κ3) is 3.98. The second kappa shape index (κ2) is 7.61. The van der Waals surface area contributed by atoms with Crippen LogP contribution in [0.4, 0.5) is 5.69 Å². The van der Waals surface area contributed by atoms with E-state index in [0.29, 0.717) is 10.9 Å². The number of hydrogen-bond acceptors (Lipinski definition) is 5. The summed E-state index contributed by atoms with van der Waals surface area (Å²) in [5, 5.41) is 9.01. The molecule has 1 aromatic carbocycles. The van der Waals surface area contributed by atoms with Gasteiger partial charge in [-0.1, -0.05) is 30.1 Å². The number of nitrogens with zero attached hydrogens (tertiary/aromatic N) is 2. The van der Waals surface area contributed by atoms with Gasteiger partial charge in [0.15, 0.2) is 0 Å². The summed E-state index contributed by atoms with van der Waals surface area (Å²) in [6, 6.07) is 4.63. The molecule has 0 radical (unpaired) electrons. The van der Waals surface area contributed by atoms with E-state index in [9.17, 15) is 9.59 Å². The Kier molecular flexibility index (Phi) is 5.66. The van der Waals surface area contributed by atoms with Gasteiger partial charge in [-0.25, -0.2) is 0 Å². The van der Waals surface area contributed by atoms with Crippen LogP contribution in [0.1, 0.15) is 51.3 Å². The van der Waals surface area contributed by atoms with Crippen molar-refractivity contribution in [3.05, 3.63) is 39.8 Å². The van der Waals surface area contributed by atoms with Crippen LogP contribution in [0.15, 0.2) is 23.1 Å². The SMILES string of the molecule is CC1=CC(C)(C)N(C(C)C)c2cc(C)c(/C=C3/SC(=S)N(CC(=O)O)C3=O)cc21. The molecule has 2 aliphatic heterocycles. The van der Waals surface area contributed by atoms with Gasteiger partial charge in [0, 0.05) is 17.3 Å². The average Bonchev–Trinajstić information content (AvgIpc) is 2.82. The van der Waals surface area contributed by atoms with E-state index in [1.165, 1.54) is 11.3 Å². The first-order chi connectivity index (χ1) is 13.4. The Morgan fingerprint density at radius 1 is 1.31 bits per heavy atom. The Balaban J connectivity index is 2.05. The number of carbonyl (C=O) groups excluding carboxylic acids is 1. The highest BCUT2D eigenvalue weighted by atomic mass is 32.2. The second-order valence-corrected chi connectivity index (χ2v) is 10.0. The largest absolute Gasteiger partial charge is 0.480 e. The number of allylic oxidation sites excluding steroid dienone is 1. The molecule has 2 aliphatic rings. The van der Waals surface area contributed by atoms with Crippen molar-refractivity contribution < 1.29 is 14.7 Å². The number of fused-ring (bicyclic) bond motifs is 1. The third-order valence-corrected chi connectivity index (χ3v) is 6.61. The van der Waals surface area contributed by atoms with Crippen molar-refractivity contribution in [3.8, 4) is 0 Å². The van der Waals surface area contributed by atoms with Crippen LogP contribution >= 0.6 is 24.0 Å². The van der Waals surface area contributed by atoms with E-state index >= 15 is 0 Å². The van der Waals surface area contributed by atoms with Crippen molar-refractivity contribution in [1.82, 2.24) is 4.90 Å². The molecule has 0 aromatic heterocycles. The molecule has 1 saturated heterocycles. The number of thioether (sulfide) groups is 1. The lowest BCUT2D eigenvalue weighted by Gasteiger charge is -2.46. The van der Waals surface area contributed by atoms with Crippen LogP contribution in [0.3, 0.4) is 0 Å². The van der Waals surface area contributed by atoms with E-state index in [2.05, 4.69) is 57.7 Å². The molecule has 0 unspecified atom stereocenters. The number of benzene rings is 1. The van der Waals surface area contributed by atoms with Gasteiger partial charge >= 0.3 is 5.97 Å². The van der Waals surface area contributed by atoms with Crippen LogP contribution in [-0.4, -0.2) is 44.3 Å². The molecule has 0 bridgehead atoms. The summed E-state index contributed by atoms with van der Waals surface area (Å²) in [6.45, 7) is 12.6. The van der Waals surface area contributed by atoms with Crippen molar-refractivity contribution in [3.63, 3.8) is 0 Å². The van der Waals surface area contributed by atoms with Crippen molar-refractivity contribution in [2.45, 2.75) is 53.1 Å². The number of anilines is 1. The number of carboxylic acids is 1. The molecule has 0 aliphatic carbocycles. The maximum atomic E-state index is 12.6.